The third-order valence-corrected chi connectivity index (χ3v) is 4.75. The van der Waals surface area contributed by atoms with Crippen LogP contribution in [-0.4, -0.2) is 30.6 Å². The van der Waals surface area contributed by atoms with Crippen molar-refractivity contribution in [2.24, 2.45) is 5.41 Å². The summed E-state index contributed by atoms with van der Waals surface area (Å²) in [4.78, 5) is 16.8. The van der Waals surface area contributed by atoms with E-state index in [1.165, 1.54) is 5.56 Å². The van der Waals surface area contributed by atoms with E-state index in [1.807, 2.05) is 19.1 Å². The molecular weight excluding hydrogens is 300 g/mol. The highest BCUT2D eigenvalue weighted by atomic mass is 16.5. The topological polar surface area (TPSA) is 51.2 Å². The molecular formula is C20H24N2O2. The van der Waals surface area contributed by atoms with Crippen molar-refractivity contribution < 1.29 is 9.53 Å². The van der Waals surface area contributed by atoms with E-state index >= 15 is 0 Å². The van der Waals surface area contributed by atoms with E-state index < -0.39 is 0 Å². The Morgan fingerprint density at radius 1 is 1.17 bits per heavy atom. The monoisotopic (exact) mass is 324 g/mol. The van der Waals surface area contributed by atoms with Gasteiger partial charge in [0.25, 0.3) is 0 Å². The van der Waals surface area contributed by atoms with Crippen LogP contribution in [0.25, 0.3) is 11.1 Å². The lowest BCUT2D eigenvalue weighted by Crippen LogP contribution is -2.46. The number of nitrogens with zero attached hydrogens (tertiary/aromatic N) is 1. The van der Waals surface area contributed by atoms with Gasteiger partial charge in [0, 0.05) is 32.2 Å². The van der Waals surface area contributed by atoms with Crippen molar-refractivity contribution >= 4 is 5.91 Å². The molecule has 0 atom stereocenters. The fourth-order valence-electron chi connectivity index (χ4n) is 3.39. The summed E-state index contributed by atoms with van der Waals surface area (Å²) in [6.45, 7) is 3.94. The van der Waals surface area contributed by atoms with E-state index in [0.29, 0.717) is 19.8 Å². The first-order valence-corrected chi connectivity index (χ1v) is 8.59. The predicted octanol–water partition coefficient (Wildman–Crippen LogP) is 3.22. The van der Waals surface area contributed by atoms with Gasteiger partial charge in [0.05, 0.1) is 5.41 Å². The molecule has 1 amide bonds. The van der Waals surface area contributed by atoms with E-state index in [-0.39, 0.29) is 11.3 Å². The Balaban J connectivity index is 1.86. The lowest BCUT2D eigenvalue weighted by Gasteiger charge is -2.36. The molecule has 1 N–H and O–H groups in total. The summed E-state index contributed by atoms with van der Waals surface area (Å²) in [5.41, 5.74) is 3.14. The number of carbonyl (C=O) groups is 1. The van der Waals surface area contributed by atoms with E-state index in [2.05, 4.69) is 34.6 Å². The Labute approximate surface area is 143 Å². The molecule has 24 heavy (non-hydrogen) atoms. The van der Waals surface area contributed by atoms with Gasteiger partial charge in [0.15, 0.2) is 0 Å². The number of amides is 1. The number of ether oxygens (including phenoxy) is 1. The Bertz CT molecular complexity index is 679. The third-order valence-electron chi connectivity index (χ3n) is 4.75. The lowest BCUT2D eigenvalue weighted by atomic mass is 9.74. The van der Waals surface area contributed by atoms with Crippen molar-refractivity contribution in [3.05, 3.63) is 54.4 Å². The molecule has 0 radical (unpaired) electrons. The average molecular weight is 324 g/mol. The molecule has 4 heteroatoms. The van der Waals surface area contributed by atoms with Gasteiger partial charge in [-0.3, -0.25) is 9.78 Å². The molecule has 1 aliphatic heterocycles. The predicted molar refractivity (Wildman–Crippen MR) is 94.5 cm³/mol. The smallest absolute Gasteiger partial charge is 0.226 e. The van der Waals surface area contributed by atoms with Gasteiger partial charge >= 0.3 is 0 Å². The second-order valence-electron chi connectivity index (χ2n) is 6.37. The maximum Gasteiger partial charge on any atom is 0.226 e. The van der Waals surface area contributed by atoms with Crippen LogP contribution in [0.4, 0.5) is 0 Å². The molecule has 2 aromatic rings. The highest BCUT2D eigenvalue weighted by Crippen LogP contribution is 2.35. The largest absolute Gasteiger partial charge is 0.381 e. The summed E-state index contributed by atoms with van der Waals surface area (Å²) in [6, 6.07) is 12.5. The van der Waals surface area contributed by atoms with Gasteiger partial charge < -0.3 is 10.1 Å². The first-order valence-electron chi connectivity index (χ1n) is 8.59. The van der Waals surface area contributed by atoms with Crippen LogP contribution in [0.15, 0.2) is 48.8 Å². The highest BCUT2D eigenvalue weighted by molar-refractivity contribution is 5.83. The minimum Gasteiger partial charge on any atom is -0.381 e. The molecule has 4 nitrogen and oxygen atoms in total. The van der Waals surface area contributed by atoms with Crippen LogP contribution in [0.1, 0.15) is 25.3 Å². The summed E-state index contributed by atoms with van der Waals surface area (Å²) < 4.78 is 5.50. The fourth-order valence-corrected chi connectivity index (χ4v) is 3.39. The van der Waals surface area contributed by atoms with Gasteiger partial charge in [0.1, 0.15) is 0 Å². The highest BCUT2D eigenvalue weighted by Gasteiger charge is 2.39. The zero-order valence-corrected chi connectivity index (χ0v) is 14.1. The van der Waals surface area contributed by atoms with Gasteiger partial charge in [0.2, 0.25) is 5.91 Å². The van der Waals surface area contributed by atoms with Crippen LogP contribution in [0.5, 0.6) is 0 Å². The van der Waals surface area contributed by atoms with Crippen LogP contribution in [0, 0.1) is 5.41 Å². The van der Waals surface area contributed by atoms with Crippen LogP contribution in [0.2, 0.25) is 0 Å². The van der Waals surface area contributed by atoms with Crippen molar-refractivity contribution in [1.29, 1.82) is 0 Å². The number of rotatable bonds is 5. The molecule has 1 fully saturated rings. The maximum absolute atomic E-state index is 12.7. The minimum absolute atomic E-state index is 0.155. The number of hydrogen-bond acceptors (Lipinski definition) is 3. The first-order chi connectivity index (χ1) is 11.7. The van der Waals surface area contributed by atoms with Crippen molar-refractivity contribution in [1.82, 2.24) is 10.3 Å². The van der Waals surface area contributed by atoms with Crippen LogP contribution < -0.4 is 5.32 Å². The standard InChI is InChI=1S/C20H24N2O2/c1-2-22-19(23)20(8-12-24-13-9-20)15-16-4-3-5-18(14-16)17-6-10-21-11-7-17/h3-7,10-11,14H,2,8-9,12-13,15H2,1H3,(H,22,23). The lowest BCUT2D eigenvalue weighted by molar-refractivity contribution is -0.136. The Morgan fingerprint density at radius 3 is 2.62 bits per heavy atom. The van der Waals surface area contributed by atoms with E-state index in [4.69, 9.17) is 4.74 Å². The SMILES string of the molecule is CCNC(=O)C1(Cc2cccc(-c3ccncc3)c2)CCOCC1. The molecule has 1 saturated heterocycles. The van der Waals surface area contributed by atoms with Gasteiger partial charge in [-0.05, 0) is 55.0 Å². The number of aromatic nitrogens is 1. The molecule has 0 unspecified atom stereocenters. The van der Waals surface area contributed by atoms with Crippen molar-refractivity contribution in [3.63, 3.8) is 0 Å². The first kappa shape index (κ1) is 16.7. The van der Waals surface area contributed by atoms with Crippen LogP contribution in [-0.2, 0) is 16.0 Å². The minimum atomic E-state index is -0.356. The van der Waals surface area contributed by atoms with Gasteiger partial charge in [-0.25, -0.2) is 0 Å². The number of pyridine rings is 1. The van der Waals surface area contributed by atoms with Crippen molar-refractivity contribution in [2.45, 2.75) is 26.2 Å². The molecule has 0 saturated carbocycles. The molecule has 1 aromatic heterocycles. The van der Waals surface area contributed by atoms with Crippen molar-refractivity contribution in [3.8, 4) is 11.1 Å². The van der Waals surface area contributed by atoms with Gasteiger partial charge in [-0.15, -0.1) is 0 Å². The van der Waals surface area contributed by atoms with E-state index in [1.54, 1.807) is 12.4 Å². The summed E-state index contributed by atoms with van der Waals surface area (Å²) >= 11 is 0. The quantitative estimate of drug-likeness (QED) is 0.919. The second-order valence-corrected chi connectivity index (χ2v) is 6.37. The Kier molecular flexibility index (Phi) is 5.26. The fraction of sp³-hybridized carbons (Fsp3) is 0.400. The van der Waals surface area contributed by atoms with Crippen LogP contribution in [0.3, 0.4) is 0 Å². The second kappa shape index (κ2) is 7.58. The zero-order chi connectivity index (χ0) is 16.8. The molecule has 2 heterocycles. The maximum atomic E-state index is 12.7. The molecule has 0 spiro atoms. The Hall–Kier alpha value is -2.20. The average Bonchev–Trinajstić information content (AvgIpc) is 2.64. The molecule has 3 rings (SSSR count). The molecule has 1 aromatic carbocycles. The van der Waals surface area contributed by atoms with Crippen LogP contribution >= 0.6 is 0 Å². The number of nitrogens with one attached hydrogen (secondary N) is 1. The number of benzene rings is 1. The Morgan fingerprint density at radius 2 is 1.92 bits per heavy atom. The summed E-state index contributed by atoms with van der Waals surface area (Å²) in [7, 11) is 0. The normalized spacial score (nSPS) is 16.5. The number of carbonyl (C=O) groups excluding carboxylic acids is 1. The molecule has 126 valence electrons. The molecule has 0 aliphatic carbocycles. The van der Waals surface area contributed by atoms with E-state index in [0.717, 1.165) is 30.4 Å². The summed E-state index contributed by atoms with van der Waals surface area (Å²) in [6.07, 6.45) is 5.91. The summed E-state index contributed by atoms with van der Waals surface area (Å²) in [5, 5.41) is 3.02. The summed E-state index contributed by atoms with van der Waals surface area (Å²) in [5.74, 6) is 0.155. The zero-order valence-electron chi connectivity index (χ0n) is 14.1. The van der Waals surface area contributed by atoms with Gasteiger partial charge in [-0.2, -0.15) is 0 Å². The van der Waals surface area contributed by atoms with Crippen molar-refractivity contribution in [2.75, 3.05) is 19.8 Å². The van der Waals surface area contributed by atoms with Gasteiger partial charge in [-0.1, -0.05) is 24.3 Å². The molecule has 1 aliphatic rings. The third kappa shape index (κ3) is 3.65. The van der Waals surface area contributed by atoms with E-state index in [9.17, 15) is 4.79 Å². The molecule has 0 bridgehead atoms. The number of hydrogen-bond donors (Lipinski definition) is 1.